The normalized spacial score (nSPS) is 16.6. The van der Waals surface area contributed by atoms with Gasteiger partial charge in [0.15, 0.2) is 0 Å². The van der Waals surface area contributed by atoms with Gasteiger partial charge in [0.2, 0.25) is 12.3 Å². The largest absolute Gasteiger partial charge is 0.350 e. The molecule has 1 unspecified atom stereocenters. The Balaban J connectivity index is 2.11. The summed E-state index contributed by atoms with van der Waals surface area (Å²) in [5.74, 6) is 0.871. The van der Waals surface area contributed by atoms with Gasteiger partial charge in [0.25, 0.3) is 0 Å². The summed E-state index contributed by atoms with van der Waals surface area (Å²) in [4.78, 5) is 34.9. The number of aliphatic imine (C=N–C) groups is 1. The zero-order valence-corrected chi connectivity index (χ0v) is 22.3. The third-order valence-electron chi connectivity index (χ3n) is 6.06. The Morgan fingerprint density at radius 3 is 2.56 bits per heavy atom. The zero-order chi connectivity index (χ0) is 25.0. The predicted octanol–water partition coefficient (Wildman–Crippen LogP) is 5.62. The van der Waals surface area contributed by atoms with Crippen LogP contribution in [0.25, 0.3) is 0 Å². The Bertz CT molecular complexity index is 1120. The first-order valence-corrected chi connectivity index (χ1v) is 12.4. The second-order valence-electron chi connectivity index (χ2n) is 8.55. The van der Waals surface area contributed by atoms with Gasteiger partial charge in [-0.3, -0.25) is 19.5 Å². The van der Waals surface area contributed by atoms with Crippen molar-refractivity contribution in [3.05, 3.63) is 69.7 Å². The number of halogens is 2. The van der Waals surface area contributed by atoms with Gasteiger partial charge in [-0.1, -0.05) is 50.2 Å². The molecule has 2 aromatic carbocycles. The highest BCUT2D eigenvalue weighted by Crippen LogP contribution is 2.38. The number of benzene rings is 2. The number of amides is 2. The van der Waals surface area contributed by atoms with Crippen molar-refractivity contribution in [3.8, 4) is 0 Å². The maximum atomic E-state index is 12.5. The molecular formula is C26H30BrClN4O2. The van der Waals surface area contributed by atoms with Crippen LogP contribution in [0.1, 0.15) is 37.8 Å². The van der Waals surface area contributed by atoms with E-state index in [2.05, 4.69) is 53.2 Å². The average Bonchev–Trinajstić information content (AvgIpc) is 2.83. The molecular weight excluding hydrogens is 516 g/mol. The molecule has 2 aromatic rings. The minimum absolute atomic E-state index is 0.0132. The quantitative estimate of drug-likeness (QED) is 0.205. The summed E-state index contributed by atoms with van der Waals surface area (Å²) in [5, 5.41) is 0.524. The van der Waals surface area contributed by atoms with Crippen molar-refractivity contribution in [3.63, 3.8) is 0 Å². The van der Waals surface area contributed by atoms with Gasteiger partial charge in [0.05, 0.1) is 16.4 Å². The Hall–Kier alpha value is -2.64. The molecule has 6 nitrogen and oxygen atoms in total. The molecule has 1 heterocycles. The van der Waals surface area contributed by atoms with Gasteiger partial charge >= 0.3 is 0 Å². The molecule has 8 heteroatoms. The lowest BCUT2D eigenvalue weighted by molar-refractivity contribution is -0.128. The highest BCUT2D eigenvalue weighted by molar-refractivity contribution is 9.10. The molecule has 0 aliphatic carbocycles. The Morgan fingerprint density at radius 1 is 1.26 bits per heavy atom. The maximum absolute atomic E-state index is 12.5. The van der Waals surface area contributed by atoms with Gasteiger partial charge in [-0.25, -0.2) is 0 Å². The van der Waals surface area contributed by atoms with E-state index in [0.29, 0.717) is 34.8 Å². The molecule has 1 fully saturated rings. The summed E-state index contributed by atoms with van der Waals surface area (Å²) in [6.45, 7) is 11.6. The Kier molecular flexibility index (Phi) is 8.55. The monoisotopic (exact) mass is 544 g/mol. The number of amidine groups is 1. The summed E-state index contributed by atoms with van der Waals surface area (Å²) in [6.07, 6.45) is 2.18. The fourth-order valence-electron chi connectivity index (χ4n) is 4.36. The Labute approximate surface area is 215 Å². The lowest BCUT2D eigenvalue weighted by Gasteiger charge is -2.42. The molecule has 0 radical (unpaired) electrons. The van der Waals surface area contributed by atoms with E-state index in [0.717, 1.165) is 29.1 Å². The maximum Gasteiger partial charge on any atom is 0.246 e. The molecule has 0 saturated carbocycles. The van der Waals surface area contributed by atoms with Crippen molar-refractivity contribution in [1.82, 2.24) is 9.80 Å². The topological polar surface area (TPSA) is 56.2 Å². The molecule has 1 aliphatic rings. The summed E-state index contributed by atoms with van der Waals surface area (Å²) < 4.78 is 0.687. The van der Waals surface area contributed by atoms with Gasteiger partial charge in [0, 0.05) is 42.8 Å². The number of piperazine rings is 1. The van der Waals surface area contributed by atoms with Crippen molar-refractivity contribution in [2.24, 2.45) is 4.99 Å². The van der Waals surface area contributed by atoms with Crippen LogP contribution in [-0.4, -0.2) is 60.7 Å². The van der Waals surface area contributed by atoms with Crippen molar-refractivity contribution >= 4 is 57.1 Å². The van der Waals surface area contributed by atoms with E-state index in [-0.39, 0.29) is 17.9 Å². The van der Waals surface area contributed by atoms with Crippen LogP contribution < -0.4 is 4.90 Å². The number of hydrogen-bond acceptors (Lipinski definition) is 3. The molecule has 180 valence electrons. The van der Waals surface area contributed by atoms with E-state index in [1.807, 2.05) is 36.4 Å². The first kappa shape index (κ1) is 26.0. The van der Waals surface area contributed by atoms with E-state index < -0.39 is 0 Å². The van der Waals surface area contributed by atoms with Crippen LogP contribution in [0.15, 0.2) is 58.5 Å². The molecule has 34 heavy (non-hydrogen) atoms. The molecule has 0 N–H and O–H groups in total. The fourth-order valence-corrected chi connectivity index (χ4v) is 4.85. The zero-order valence-electron chi connectivity index (χ0n) is 20.0. The van der Waals surface area contributed by atoms with Crippen LogP contribution in [0, 0.1) is 0 Å². The van der Waals surface area contributed by atoms with Crippen LogP contribution in [0.2, 0.25) is 5.02 Å². The number of carbonyl (C=O) groups excluding carboxylic acids is 2. The van der Waals surface area contributed by atoms with E-state index in [1.54, 1.807) is 16.8 Å². The highest BCUT2D eigenvalue weighted by atomic mass is 79.9. The van der Waals surface area contributed by atoms with Gasteiger partial charge in [-0.05, 0) is 58.6 Å². The predicted molar refractivity (Wildman–Crippen MR) is 143 cm³/mol. The van der Waals surface area contributed by atoms with E-state index in [4.69, 9.17) is 11.6 Å². The molecule has 1 saturated heterocycles. The second-order valence-corrected chi connectivity index (χ2v) is 9.81. The highest BCUT2D eigenvalue weighted by Gasteiger charge is 2.31. The van der Waals surface area contributed by atoms with E-state index in [9.17, 15) is 9.59 Å². The number of hydrogen-bond donors (Lipinski definition) is 0. The first-order chi connectivity index (χ1) is 16.2. The van der Waals surface area contributed by atoms with Crippen LogP contribution in [0.4, 0.5) is 11.4 Å². The second kappa shape index (κ2) is 11.2. The van der Waals surface area contributed by atoms with Gasteiger partial charge < -0.3 is 9.80 Å². The summed E-state index contributed by atoms with van der Waals surface area (Å²) in [6, 6.07) is 11.6. The number of nitrogens with zero attached hydrogens (tertiary/aromatic N) is 4. The van der Waals surface area contributed by atoms with Gasteiger partial charge in [-0.15, -0.1) is 0 Å². The Morgan fingerprint density at radius 2 is 1.97 bits per heavy atom. The standard InChI is InChI=1S/C26H30BrClN4O2/c1-6-25(34)30-11-12-31(18(4)15-30)26(29-5)20-13-22(28)21(27)14-24(20)32(16-33)23-10-8-7-9-19(23)17(2)3/h6-10,13-14,16-18H,1,11-12,15H2,2-5H3/b29-26+. The molecule has 0 bridgehead atoms. The van der Waals surface area contributed by atoms with Gasteiger partial charge in [-0.2, -0.15) is 0 Å². The summed E-state index contributed by atoms with van der Waals surface area (Å²) in [7, 11) is 1.73. The van der Waals surface area contributed by atoms with E-state index >= 15 is 0 Å². The molecule has 1 atom stereocenters. The minimum Gasteiger partial charge on any atom is -0.350 e. The molecule has 0 spiro atoms. The molecule has 3 rings (SSSR count). The average molecular weight is 546 g/mol. The smallest absolute Gasteiger partial charge is 0.246 e. The molecule has 2 amide bonds. The summed E-state index contributed by atoms with van der Waals surface area (Å²) in [5.41, 5.74) is 3.30. The number of rotatable bonds is 6. The van der Waals surface area contributed by atoms with Crippen molar-refractivity contribution in [2.45, 2.75) is 32.7 Å². The van der Waals surface area contributed by atoms with Gasteiger partial charge in [0.1, 0.15) is 5.84 Å². The lowest BCUT2D eigenvalue weighted by atomic mass is 9.99. The van der Waals surface area contributed by atoms with E-state index in [1.165, 1.54) is 6.08 Å². The van der Waals surface area contributed by atoms with Crippen LogP contribution in [0.3, 0.4) is 0 Å². The molecule has 0 aromatic heterocycles. The van der Waals surface area contributed by atoms with Crippen LogP contribution in [-0.2, 0) is 9.59 Å². The number of carbonyl (C=O) groups is 2. The van der Waals surface area contributed by atoms with Crippen molar-refractivity contribution in [2.75, 3.05) is 31.6 Å². The fraction of sp³-hybridized carbons (Fsp3) is 0.346. The van der Waals surface area contributed by atoms with Crippen molar-refractivity contribution < 1.29 is 9.59 Å². The number of anilines is 2. The third-order valence-corrected chi connectivity index (χ3v) is 7.26. The van der Waals surface area contributed by atoms with Crippen LogP contribution in [0.5, 0.6) is 0 Å². The minimum atomic E-state index is -0.0775. The number of para-hydroxylation sites is 1. The SMILES string of the molecule is C=CC(=O)N1CCN(/C(=N/C)c2cc(Cl)c(Br)cc2N(C=O)c2ccccc2C(C)C)C(C)C1. The van der Waals surface area contributed by atoms with Crippen molar-refractivity contribution in [1.29, 1.82) is 0 Å². The summed E-state index contributed by atoms with van der Waals surface area (Å²) >= 11 is 10.1. The first-order valence-electron chi connectivity index (χ1n) is 11.2. The molecule has 1 aliphatic heterocycles. The third kappa shape index (κ3) is 5.20. The van der Waals surface area contributed by atoms with Crippen LogP contribution >= 0.6 is 27.5 Å². The lowest BCUT2D eigenvalue weighted by Crippen LogP contribution is -2.55.